The van der Waals surface area contributed by atoms with E-state index in [1.165, 1.54) is 11.1 Å². The van der Waals surface area contributed by atoms with Crippen LogP contribution in [0.4, 0.5) is 4.39 Å². The molecule has 1 unspecified atom stereocenters. The molecule has 1 saturated heterocycles. The number of likely N-dealkylation sites (tertiary alicyclic amines) is 1. The Kier molecular flexibility index (Phi) is 8.52. The summed E-state index contributed by atoms with van der Waals surface area (Å²) < 4.78 is 20.9. The lowest BCUT2D eigenvalue weighted by atomic mass is 9.74. The summed E-state index contributed by atoms with van der Waals surface area (Å²) in [6.45, 7) is 3.01. The number of thiophene rings is 1. The van der Waals surface area contributed by atoms with Gasteiger partial charge < -0.3 is 14.7 Å². The van der Waals surface area contributed by atoms with Crippen molar-refractivity contribution in [1.29, 1.82) is 0 Å². The van der Waals surface area contributed by atoms with Crippen molar-refractivity contribution in [2.45, 2.75) is 36.8 Å². The van der Waals surface area contributed by atoms with Crippen LogP contribution in [0.25, 0.3) is 10.9 Å². The number of nitrogens with zero attached hydrogens (tertiary/aromatic N) is 2. The molecule has 0 amide bonds. The molecule has 3 aromatic rings. The van der Waals surface area contributed by atoms with Crippen molar-refractivity contribution in [3.8, 4) is 5.75 Å². The van der Waals surface area contributed by atoms with Crippen LogP contribution in [0.3, 0.4) is 0 Å². The number of ether oxygens (including phenoxy) is 1. The molecule has 0 aliphatic carbocycles. The van der Waals surface area contributed by atoms with Crippen molar-refractivity contribution < 1.29 is 14.2 Å². The topological polar surface area (TPSA) is 45.6 Å². The first-order valence-corrected chi connectivity index (χ1v) is 13.6. The highest BCUT2D eigenvalue weighted by Gasteiger charge is 2.35. The molecule has 1 aromatic carbocycles. The second kappa shape index (κ2) is 11.4. The Morgan fingerprint density at radius 1 is 1.33 bits per heavy atom. The summed E-state index contributed by atoms with van der Waals surface area (Å²) in [6.07, 6.45) is 3.03. The van der Waals surface area contributed by atoms with Crippen LogP contribution in [0.15, 0.2) is 46.1 Å². The fourth-order valence-corrected chi connectivity index (χ4v) is 6.62. The van der Waals surface area contributed by atoms with E-state index in [9.17, 15) is 5.11 Å². The van der Waals surface area contributed by atoms with Crippen LogP contribution in [0.2, 0.25) is 5.02 Å². The Morgan fingerprint density at radius 3 is 2.85 bits per heavy atom. The monoisotopic (exact) mass is 508 g/mol. The number of aromatic nitrogens is 1. The first kappa shape index (κ1) is 24.7. The van der Waals surface area contributed by atoms with E-state index >= 15 is 4.39 Å². The first-order chi connectivity index (χ1) is 16.0. The van der Waals surface area contributed by atoms with Gasteiger partial charge >= 0.3 is 0 Å². The number of piperidine rings is 1. The minimum atomic E-state index is -1.22. The van der Waals surface area contributed by atoms with Crippen LogP contribution in [0.5, 0.6) is 5.75 Å². The molecule has 33 heavy (non-hydrogen) atoms. The van der Waals surface area contributed by atoms with Crippen LogP contribution in [0.1, 0.15) is 37.4 Å². The lowest BCUT2D eigenvalue weighted by Crippen LogP contribution is -2.42. The van der Waals surface area contributed by atoms with E-state index in [4.69, 9.17) is 16.3 Å². The van der Waals surface area contributed by atoms with E-state index in [2.05, 4.69) is 26.7 Å². The van der Waals surface area contributed by atoms with Crippen molar-refractivity contribution in [2.75, 3.05) is 39.1 Å². The third-order valence-corrected chi connectivity index (χ3v) is 8.84. The van der Waals surface area contributed by atoms with Crippen molar-refractivity contribution in [2.24, 2.45) is 5.41 Å². The fraction of sp³-hybridized carbons (Fsp3) is 0.480. The number of fused-ring (bicyclic) bond motifs is 1. The SMILES string of the molecule is COc1ccc2ncc(Cl)c(C(F)CCC3(CO)CCN(CCSc4ccsc4)CC3)c2c1. The molecule has 1 aliphatic rings. The number of aliphatic hydroxyl groups is 1. The minimum absolute atomic E-state index is 0.0931. The molecule has 2 aromatic heterocycles. The van der Waals surface area contributed by atoms with E-state index in [0.717, 1.165) is 38.2 Å². The van der Waals surface area contributed by atoms with Gasteiger partial charge in [0.05, 0.1) is 17.6 Å². The van der Waals surface area contributed by atoms with E-state index in [0.29, 0.717) is 40.1 Å². The summed E-state index contributed by atoms with van der Waals surface area (Å²) in [4.78, 5) is 8.11. The molecule has 0 saturated carbocycles. The largest absolute Gasteiger partial charge is 0.497 e. The third kappa shape index (κ3) is 6.01. The van der Waals surface area contributed by atoms with E-state index in [1.807, 2.05) is 23.9 Å². The summed E-state index contributed by atoms with van der Waals surface area (Å²) in [5, 5.41) is 15.5. The molecule has 4 nitrogen and oxygen atoms in total. The maximum Gasteiger partial charge on any atom is 0.127 e. The summed E-state index contributed by atoms with van der Waals surface area (Å²) in [7, 11) is 1.59. The molecule has 0 radical (unpaired) electrons. The van der Waals surface area contributed by atoms with Gasteiger partial charge in [0.1, 0.15) is 11.9 Å². The molecule has 178 valence electrons. The number of hydrogen-bond acceptors (Lipinski definition) is 6. The number of pyridine rings is 1. The van der Waals surface area contributed by atoms with E-state index in [1.54, 1.807) is 24.5 Å². The van der Waals surface area contributed by atoms with Crippen LogP contribution in [-0.4, -0.2) is 54.1 Å². The molecule has 0 spiro atoms. The van der Waals surface area contributed by atoms with Gasteiger partial charge in [0.2, 0.25) is 0 Å². The van der Waals surface area contributed by atoms with Gasteiger partial charge in [-0.3, -0.25) is 4.98 Å². The van der Waals surface area contributed by atoms with Crippen molar-refractivity contribution in [3.05, 3.63) is 51.8 Å². The average Bonchev–Trinajstić information content (AvgIpc) is 3.36. The highest BCUT2D eigenvalue weighted by Crippen LogP contribution is 2.42. The standard InChI is InChI=1S/C25H30ClFN2O2S2/c1-31-18-2-3-23-20(14-18)24(21(26)15-28-23)22(27)4-6-25(17-30)7-9-29(10-8-25)11-13-33-19-5-12-32-16-19/h2-3,5,12,14-16,22,30H,4,6-11,13,17H2,1H3. The number of aliphatic hydroxyl groups excluding tert-OH is 1. The predicted octanol–water partition coefficient (Wildman–Crippen LogP) is 6.62. The van der Waals surface area contributed by atoms with E-state index in [-0.39, 0.29) is 12.0 Å². The second-order valence-corrected chi connectivity index (χ2v) is 11.1. The molecule has 0 bridgehead atoms. The van der Waals surface area contributed by atoms with E-state index < -0.39 is 6.17 Å². The quantitative estimate of drug-likeness (QED) is 0.312. The van der Waals surface area contributed by atoms with Gasteiger partial charge in [0.25, 0.3) is 0 Å². The molecular weight excluding hydrogens is 479 g/mol. The van der Waals surface area contributed by atoms with Gasteiger partial charge in [-0.2, -0.15) is 11.3 Å². The number of thioether (sulfide) groups is 1. The fourth-order valence-electron chi connectivity index (χ4n) is 4.56. The maximum absolute atomic E-state index is 15.6. The van der Waals surface area contributed by atoms with Crippen molar-refractivity contribution in [3.63, 3.8) is 0 Å². The molecule has 1 N–H and O–H groups in total. The molecule has 8 heteroatoms. The zero-order valence-electron chi connectivity index (χ0n) is 18.8. The molecule has 1 atom stereocenters. The molecule has 3 heterocycles. The average molecular weight is 509 g/mol. The van der Waals surface area contributed by atoms with Crippen LogP contribution in [-0.2, 0) is 0 Å². The number of benzene rings is 1. The maximum atomic E-state index is 15.6. The van der Waals surface area contributed by atoms with Gasteiger partial charge in [-0.15, -0.1) is 11.8 Å². The van der Waals surface area contributed by atoms with Gasteiger partial charge in [-0.25, -0.2) is 4.39 Å². The summed E-state index contributed by atoms with van der Waals surface area (Å²) in [5.74, 6) is 1.71. The Bertz CT molecular complexity index is 1040. The Balaban J connectivity index is 1.35. The number of methoxy groups -OCH3 is 1. The Morgan fingerprint density at radius 2 is 2.15 bits per heavy atom. The molecule has 1 aliphatic heterocycles. The van der Waals surface area contributed by atoms with Crippen molar-refractivity contribution in [1.82, 2.24) is 9.88 Å². The minimum Gasteiger partial charge on any atom is -0.497 e. The van der Waals surface area contributed by atoms with Crippen LogP contribution >= 0.6 is 34.7 Å². The Labute approximate surface area is 208 Å². The number of rotatable bonds is 10. The highest BCUT2D eigenvalue weighted by molar-refractivity contribution is 7.99. The lowest BCUT2D eigenvalue weighted by molar-refractivity contribution is 0.0323. The summed E-state index contributed by atoms with van der Waals surface area (Å²) >= 11 is 10.0. The molecule has 4 rings (SSSR count). The number of halogens is 2. The second-order valence-electron chi connectivity index (χ2n) is 8.72. The highest BCUT2D eigenvalue weighted by atomic mass is 35.5. The zero-order valence-corrected chi connectivity index (χ0v) is 21.2. The van der Waals surface area contributed by atoms with Gasteiger partial charge in [0.15, 0.2) is 0 Å². The summed E-state index contributed by atoms with van der Waals surface area (Å²) in [6, 6.07) is 7.59. The smallest absolute Gasteiger partial charge is 0.127 e. The van der Waals surface area contributed by atoms with Crippen LogP contribution < -0.4 is 4.74 Å². The third-order valence-electron chi connectivity index (χ3n) is 6.73. The number of alkyl halides is 1. The van der Waals surface area contributed by atoms with Crippen molar-refractivity contribution >= 4 is 45.6 Å². The Hall–Kier alpha value is -1.38. The van der Waals surface area contributed by atoms with Gasteiger partial charge in [0, 0.05) is 46.3 Å². The predicted molar refractivity (Wildman–Crippen MR) is 137 cm³/mol. The zero-order chi connectivity index (χ0) is 23.3. The number of hydrogen-bond donors (Lipinski definition) is 1. The lowest BCUT2D eigenvalue weighted by Gasteiger charge is -2.41. The summed E-state index contributed by atoms with van der Waals surface area (Å²) in [5.41, 5.74) is 0.939. The molecular formula is C25H30ClFN2O2S2. The normalized spacial score (nSPS) is 17.3. The first-order valence-electron chi connectivity index (χ1n) is 11.3. The molecule has 1 fully saturated rings. The van der Waals surface area contributed by atoms with Gasteiger partial charge in [-0.1, -0.05) is 11.6 Å². The van der Waals surface area contributed by atoms with Crippen LogP contribution in [0, 0.1) is 5.41 Å². The van der Waals surface area contributed by atoms with Gasteiger partial charge in [-0.05, 0) is 73.8 Å².